The molecule has 0 bridgehead atoms. The monoisotopic (exact) mass is 503 g/mol. The summed E-state index contributed by atoms with van der Waals surface area (Å²) in [5.41, 5.74) is 3.01. The van der Waals surface area contributed by atoms with Crippen LogP contribution in [0.4, 0.5) is 11.4 Å². The number of carbonyl (C=O) groups is 1. The Kier molecular flexibility index (Phi) is 6.63. The minimum absolute atomic E-state index is 0.00558. The first kappa shape index (κ1) is 24.8. The molecule has 2 aliphatic heterocycles. The Bertz CT molecular complexity index is 1290. The standard InChI is InChI=1S/C24H29N3O7S/c1-14-7-8-15(10-18(14)27(29)30)17-12-19(26-9-5-6-21(26)28)22-23(25-17)20(33-2)11-16(24(22)34-3)13-35(4,31)32/h7-8,10-11,17,19,25H,5-6,9,12-13H2,1-4H3. The second kappa shape index (κ2) is 9.37. The first-order valence-corrected chi connectivity index (χ1v) is 13.4. The zero-order valence-corrected chi connectivity index (χ0v) is 21.0. The Morgan fingerprint density at radius 3 is 2.54 bits per heavy atom. The fourth-order valence-electron chi connectivity index (χ4n) is 5.09. The number of ether oxygens (including phenoxy) is 2. The summed E-state index contributed by atoms with van der Waals surface area (Å²) in [6.07, 6.45) is 2.74. The lowest BCUT2D eigenvalue weighted by Gasteiger charge is -2.40. The number of aryl methyl sites for hydroxylation is 1. The van der Waals surface area contributed by atoms with Gasteiger partial charge in [0.25, 0.3) is 5.69 Å². The van der Waals surface area contributed by atoms with E-state index in [9.17, 15) is 23.3 Å². The van der Waals surface area contributed by atoms with Crippen LogP contribution >= 0.6 is 0 Å². The molecular weight excluding hydrogens is 474 g/mol. The number of carbonyl (C=O) groups excluding carboxylic acids is 1. The number of likely N-dealkylation sites (tertiary alicyclic amines) is 1. The van der Waals surface area contributed by atoms with Gasteiger partial charge in [-0.25, -0.2) is 8.42 Å². The predicted octanol–water partition coefficient (Wildman–Crippen LogP) is 3.69. The largest absolute Gasteiger partial charge is 0.496 e. The smallest absolute Gasteiger partial charge is 0.272 e. The zero-order chi connectivity index (χ0) is 25.5. The van der Waals surface area contributed by atoms with Crippen LogP contribution in [0.3, 0.4) is 0 Å². The van der Waals surface area contributed by atoms with Crippen molar-refractivity contribution >= 4 is 27.1 Å². The number of amides is 1. The zero-order valence-electron chi connectivity index (χ0n) is 20.2. The molecule has 188 valence electrons. The van der Waals surface area contributed by atoms with Crippen molar-refractivity contribution < 1.29 is 27.6 Å². The van der Waals surface area contributed by atoms with Gasteiger partial charge in [-0.1, -0.05) is 12.1 Å². The third kappa shape index (κ3) is 4.77. The van der Waals surface area contributed by atoms with Gasteiger partial charge in [0.1, 0.15) is 11.5 Å². The fraction of sp³-hybridized carbons (Fsp3) is 0.458. The van der Waals surface area contributed by atoms with Gasteiger partial charge in [-0.05, 0) is 31.4 Å². The quantitative estimate of drug-likeness (QED) is 0.448. The summed E-state index contributed by atoms with van der Waals surface area (Å²) in [6.45, 7) is 2.25. The number of sulfone groups is 1. The molecule has 2 aliphatic rings. The van der Waals surface area contributed by atoms with Gasteiger partial charge in [-0.2, -0.15) is 0 Å². The highest BCUT2D eigenvalue weighted by Crippen LogP contribution is 2.52. The number of hydrogen-bond acceptors (Lipinski definition) is 8. The fourth-order valence-corrected chi connectivity index (χ4v) is 5.87. The molecule has 1 saturated heterocycles. The molecule has 2 aromatic rings. The Labute approximate surface area is 204 Å². The summed E-state index contributed by atoms with van der Waals surface area (Å²) in [5.74, 6) is 0.582. The Balaban J connectivity index is 1.91. The molecule has 2 atom stereocenters. The summed E-state index contributed by atoms with van der Waals surface area (Å²) in [6, 6.07) is 5.98. The lowest BCUT2D eigenvalue weighted by molar-refractivity contribution is -0.385. The van der Waals surface area contributed by atoms with E-state index in [2.05, 4.69) is 5.32 Å². The van der Waals surface area contributed by atoms with Crippen molar-refractivity contribution in [2.24, 2.45) is 0 Å². The van der Waals surface area contributed by atoms with Crippen molar-refractivity contribution in [1.29, 1.82) is 0 Å². The average Bonchev–Trinajstić information content (AvgIpc) is 3.22. The minimum Gasteiger partial charge on any atom is -0.496 e. The molecule has 10 nitrogen and oxygen atoms in total. The van der Waals surface area contributed by atoms with Crippen LogP contribution < -0.4 is 14.8 Å². The molecule has 1 N–H and O–H groups in total. The Morgan fingerprint density at radius 1 is 1.23 bits per heavy atom. The summed E-state index contributed by atoms with van der Waals surface area (Å²) in [7, 11) is -0.411. The molecule has 2 aromatic carbocycles. The molecule has 11 heteroatoms. The Morgan fingerprint density at radius 2 is 1.97 bits per heavy atom. The number of rotatable bonds is 7. The normalized spacial score (nSPS) is 19.8. The van der Waals surface area contributed by atoms with Crippen molar-refractivity contribution in [1.82, 2.24) is 4.90 Å². The first-order valence-electron chi connectivity index (χ1n) is 11.3. The van der Waals surface area contributed by atoms with Crippen molar-refractivity contribution in [2.75, 3.05) is 32.3 Å². The van der Waals surface area contributed by atoms with Crippen molar-refractivity contribution in [3.8, 4) is 11.5 Å². The van der Waals surface area contributed by atoms with Crippen molar-refractivity contribution in [3.63, 3.8) is 0 Å². The number of nitrogens with zero attached hydrogens (tertiary/aromatic N) is 2. The van der Waals surface area contributed by atoms with E-state index in [0.717, 1.165) is 12.7 Å². The van der Waals surface area contributed by atoms with Crippen LogP contribution in [0.15, 0.2) is 24.3 Å². The number of methoxy groups -OCH3 is 2. The summed E-state index contributed by atoms with van der Waals surface area (Å²) >= 11 is 0. The lowest BCUT2D eigenvalue weighted by atomic mass is 9.86. The van der Waals surface area contributed by atoms with E-state index in [1.54, 1.807) is 30.0 Å². The number of benzene rings is 2. The average molecular weight is 504 g/mol. The molecule has 35 heavy (non-hydrogen) atoms. The van der Waals surface area contributed by atoms with E-state index in [0.29, 0.717) is 58.8 Å². The van der Waals surface area contributed by atoms with Gasteiger partial charge < -0.3 is 19.7 Å². The van der Waals surface area contributed by atoms with Crippen LogP contribution in [-0.4, -0.2) is 51.2 Å². The van der Waals surface area contributed by atoms with Crippen LogP contribution in [0, 0.1) is 17.0 Å². The summed E-state index contributed by atoms with van der Waals surface area (Å²) in [4.78, 5) is 25.8. The number of fused-ring (bicyclic) bond motifs is 1. The molecule has 0 spiro atoms. The molecule has 1 amide bonds. The predicted molar refractivity (Wildman–Crippen MR) is 131 cm³/mol. The SMILES string of the molecule is COc1cc(CS(C)(=O)=O)c(OC)c2c1NC(c1ccc(C)c([N+](=O)[O-])c1)CC2N1CCCC1=O. The molecule has 0 aromatic heterocycles. The second-order valence-corrected chi connectivity index (χ2v) is 11.2. The highest BCUT2D eigenvalue weighted by Gasteiger charge is 2.40. The maximum Gasteiger partial charge on any atom is 0.272 e. The van der Waals surface area contributed by atoms with Crippen molar-refractivity contribution in [3.05, 3.63) is 56.6 Å². The van der Waals surface area contributed by atoms with Gasteiger partial charge in [0.05, 0.1) is 42.7 Å². The molecule has 4 rings (SSSR count). The maximum absolute atomic E-state index is 12.8. The van der Waals surface area contributed by atoms with E-state index in [4.69, 9.17) is 9.47 Å². The van der Waals surface area contributed by atoms with E-state index in [-0.39, 0.29) is 23.4 Å². The minimum atomic E-state index is -3.38. The lowest BCUT2D eigenvalue weighted by Crippen LogP contribution is -2.36. The van der Waals surface area contributed by atoms with Crippen LogP contribution in [0.2, 0.25) is 0 Å². The summed E-state index contributed by atoms with van der Waals surface area (Å²) < 4.78 is 35.7. The molecule has 0 radical (unpaired) electrons. The van der Waals surface area contributed by atoms with Crippen LogP contribution in [0.25, 0.3) is 0 Å². The van der Waals surface area contributed by atoms with Crippen LogP contribution in [0.5, 0.6) is 11.5 Å². The molecule has 0 aliphatic carbocycles. The number of nitrogens with one attached hydrogen (secondary N) is 1. The highest BCUT2D eigenvalue weighted by molar-refractivity contribution is 7.89. The van der Waals surface area contributed by atoms with Gasteiger partial charge in [0.15, 0.2) is 9.84 Å². The Hall–Kier alpha value is -3.34. The number of anilines is 1. The molecule has 2 unspecified atom stereocenters. The molecule has 0 saturated carbocycles. The van der Waals surface area contributed by atoms with Gasteiger partial charge in [0, 0.05) is 42.0 Å². The third-order valence-electron chi connectivity index (χ3n) is 6.63. The van der Waals surface area contributed by atoms with Crippen molar-refractivity contribution in [2.45, 2.75) is 44.0 Å². The number of hydrogen-bond donors (Lipinski definition) is 1. The van der Waals surface area contributed by atoms with Gasteiger partial charge in [0.2, 0.25) is 5.91 Å². The number of nitro groups is 1. The first-order chi connectivity index (χ1) is 16.5. The topological polar surface area (TPSA) is 128 Å². The summed E-state index contributed by atoms with van der Waals surface area (Å²) in [5, 5.41) is 15.0. The van der Waals surface area contributed by atoms with Gasteiger partial charge in [-0.3, -0.25) is 14.9 Å². The van der Waals surface area contributed by atoms with E-state index in [1.165, 1.54) is 14.2 Å². The van der Waals surface area contributed by atoms with Crippen LogP contribution in [-0.2, 0) is 20.4 Å². The highest BCUT2D eigenvalue weighted by atomic mass is 32.2. The van der Waals surface area contributed by atoms with E-state index >= 15 is 0 Å². The van der Waals surface area contributed by atoms with E-state index in [1.807, 2.05) is 6.07 Å². The number of nitro benzene ring substituents is 1. The molecular formula is C24H29N3O7S. The van der Waals surface area contributed by atoms with Gasteiger partial charge in [-0.15, -0.1) is 0 Å². The maximum atomic E-state index is 12.8. The van der Waals surface area contributed by atoms with Gasteiger partial charge >= 0.3 is 0 Å². The third-order valence-corrected chi connectivity index (χ3v) is 7.46. The van der Waals surface area contributed by atoms with Crippen LogP contribution in [0.1, 0.15) is 53.6 Å². The molecule has 2 heterocycles. The molecule has 1 fully saturated rings. The van der Waals surface area contributed by atoms with E-state index < -0.39 is 20.8 Å². The second-order valence-electron chi connectivity index (χ2n) is 9.07.